The molecule has 0 atom stereocenters. The summed E-state index contributed by atoms with van der Waals surface area (Å²) in [6, 6.07) is 3.10. The average molecular weight is 286 g/mol. The molecule has 0 saturated heterocycles. The van der Waals surface area contributed by atoms with Crippen LogP contribution in [0.2, 0.25) is 0 Å². The number of likely N-dealkylation sites (N-methyl/N-ethyl adjacent to an activating group) is 1. The largest absolute Gasteiger partial charge is 0.434 e. The first kappa shape index (κ1) is 16.4. The molecule has 0 heterocycles. The van der Waals surface area contributed by atoms with E-state index in [1.807, 2.05) is 6.92 Å². The zero-order valence-electron chi connectivity index (χ0n) is 11.9. The highest BCUT2D eigenvalue weighted by molar-refractivity contribution is 5.94. The minimum atomic E-state index is -2.87. The molecule has 0 aliphatic heterocycles. The number of ether oxygens (including phenoxy) is 1. The number of carbonyl (C=O) groups is 1. The molecule has 0 bridgehead atoms. The molecule has 1 aromatic carbocycles. The molecule has 6 heteroatoms. The van der Waals surface area contributed by atoms with Crippen molar-refractivity contribution >= 4 is 5.91 Å². The number of nitrogens with one attached hydrogen (secondary N) is 2. The monoisotopic (exact) mass is 286 g/mol. The second kappa shape index (κ2) is 7.79. The first-order chi connectivity index (χ1) is 9.45. The van der Waals surface area contributed by atoms with Crippen LogP contribution in [0.25, 0.3) is 0 Å². The van der Waals surface area contributed by atoms with Crippen LogP contribution in [0, 0.1) is 13.8 Å². The van der Waals surface area contributed by atoms with Gasteiger partial charge in [0.2, 0.25) is 0 Å². The minimum absolute atomic E-state index is 0.129. The summed E-state index contributed by atoms with van der Waals surface area (Å²) in [5, 5.41) is 5.85. The summed E-state index contributed by atoms with van der Waals surface area (Å²) in [5.41, 5.74) is 1.47. The molecule has 112 valence electrons. The van der Waals surface area contributed by atoms with Crippen LogP contribution in [0.4, 0.5) is 8.78 Å². The molecule has 0 aromatic heterocycles. The topological polar surface area (TPSA) is 50.4 Å². The van der Waals surface area contributed by atoms with Gasteiger partial charge in [-0.1, -0.05) is 6.92 Å². The van der Waals surface area contributed by atoms with Gasteiger partial charge in [0.1, 0.15) is 5.75 Å². The van der Waals surface area contributed by atoms with E-state index >= 15 is 0 Å². The third kappa shape index (κ3) is 4.77. The van der Waals surface area contributed by atoms with Crippen molar-refractivity contribution < 1.29 is 18.3 Å². The number of halogens is 2. The summed E-state index contributed by atoms with van der Waals surface area (Å²) in [4.78, 5) is 11.9. The summed E-state index contributed by atoms with van der Waals surface area (Å²) >= 11 is 0. The van der Waals surface area contributed by atoms with E-state index in [0.29, 0.717) is 29.8 Å². The van der Waals surface area contributed by atoms with Crippen LogP contribution in [0.3, 0.4) is 0 Å². The zero-order chi connectivity index (χ0) is 15.1. The lowest BCUT2D eigenvalue weighted by molar-refractivity contribution is -0.0507. The molecule has 0 spiro atoms. The first-order valence-electron chi connectivity index (χ1n) is 6.50. The maximum atomic E-state index is 12.3. The Morgan fingerprint density at radius 2 is 1.85 bits per heavy atom. The second-order valence-electron chi connectivity index (χ2n) is 4.43. The predicted molar refractivity (Wildman–Crippen MR) is 73.4 cm³/mol. The standard InChI is InChI=1S/C14H20F2N2O2/c1-4-17-5-6-18-13(19)11-7-9(2)12(10(3)8-11)20-14(15)16/h7-8,14,17H,4-6H2,1-3H3,(H,18,19). The molecule has 20 heavy (non-hydrogen) atoms. The Morgan fingerprint density at radius 1 is 1.25 bits per heavy atom. The van der Waals surface area contributed by atoms with Gasteiger partial charge in [-0.15, -0.1) is 0 Å². The van der Waals surface area contributed by atoms with Gasteiger partial charge in [-0.05, 0) is 43.7 Å². The van der Waals surface area contributed by atoms with Crippen LogP contribution >= 0.6 is 0 Å². The quantitative estimate of drug-likeness (QED) is 0.756. The molecule has 0 aliphatic rings. The van der Waals surface area contributed by atoms with E-state index in [1.54, 1.807) is 26.0 Å². The van der Waals surface area contributed by atoms with E-state index in [-0.39, 0.29) is 11.7 Å². The molecule has 4 nitrogen and oxygen atoms in total. The number of hydrogen-bond donors (Lipinski definition) is 2. The maximum Gasteiger partial charge on any atom is 0.387 e. The Bertz CT molecular complexity index is 441. The Morgan fingerprint density at radius 3 is 2.35 bits per heavy atom. The Kier molecular flexibility index (Phi) is 6.38. The number of alkyl halides is 2. The van der Waals surface area contributed by atoms with Crippen molar-refractivity contribution in [3.8, 4) is 5.75 Å². The van der Waals surface area contributed by atoms with Crippen LogP contribution in [0.1, 0.15) is 28.4 Å². The summed E-state index contributed by atoms with van der Waals surface area (Å²) in [7, 11) is 0. The smallest absolute Gasteiger partial charge is 0.387 e. The van der Waals surface area contributed by atoms with Crippen LogP contribution in [-0.4, -0.2) is 32.2 Å². The van der Waals surface area contributed by atoms with Crippen molar-refractivity contribution in [1.29, 1.82) is 0 Å². The van der Waals surface area contributed by atoms with Gasteiger partial charge in [0.15, 0.2) is 0 Å². The van der Waals surface area contributed by atoms with Crippen LogP contribution < -0.4 is 15.4 Å². The Labute approximate surface area is 117 Å². The molecular formula is C14H20F2N2O2. The van der Waals surface area contributed by atoms with E-state index in [2.05, 4.69) is 15.4 Å². The molecular weight excluding hydrogens is 266 g/mol. The van der Waals surface area contributed by atoms with Gasteiger partial charge >= 0.3 is 6.61 Å². The highest BCUT2D eigenvalue weighted by Gasteiger charge is 2.14. The predicted octanol–water partition coefficient (Wildman–Crippen LogP) is 2.24. The van der Waals surface area contributed by atoms with Gasteiger partial charge in [-0.25, -0.2) is 0 Å². The van der Waals surface area contributed by atoms with Crippen molar-refractivity contribution in [2.45, 2.75) is 27.4 Å². The number of amides is 1. The fraction of sp³-hybridized carbons (Fsp3) is 0.500. The van der Waals surface area contributed by atoms with Crippen LogP contribution in [0.5, 0.6) is 5.75 Å². The van der Waals surface area contributed by atoms with Crippen molar-refractivity contribution in [2.24, 2.45) is 0 Å². The molecule has 1 amide bonds. The molecule has 1 aromatic rings. The number of hydrogen-bond acceptors (Lipinski definition) is 3. The van der Waals surface area contributed by atoms with Gasteiger partial charge in [0, 0.05) is 18.7 Å². The van der Waals surface area contributed by atoms with Crippen molar-refractivity contribution in [1.82, 2.24) is 10.6 Å². The fourth-order valence-electron chi connectivity index (χ4n) is 1.90. The molecule has 0 unspecified atom stereocenters. The molecule has 1 rings (SSSR count). The summed E-state index contributed by atoms with van der Waals surface area (Å²) in [6.45, 7) is 4.43. The van der Waals surface area contributed by atoms with E-state index in [1.165, 1.54) is 0 Å². The van der Waals surface area contributed by atoms with Crippen LogP contribution in [-0.2, 0) is 0 Å². The highest BCUT2D eigenvalue weighted by atomic mass is 19.3. The maximum absolute atomic E-state index is 12.3. The molecule has 0 saturated carbocycles. The van der Waals surface area contributed by atoms with Gasteiger partial charge in [-0.3, -0.25) is 4.79 Å². The van der Waals surface area contributed by atoms with Gasteiger partial charge in [-0.2, -0.15) is 8.78 Å². The van der Waals surface area contributed by atoms with E-state index in [4.69, 9.17) is 0 Å². The highest BCUT2D eigenvalue weighted by Crippen LogP contribution is 2.26. The van der Waals surface area contributed by atoms with Crippen molar-refractivity contribution in [2.75, 3.05) is 19.6 Å². The lowest BCUT2D eigenvalue weighted by Crippen LogP contribution is -2.31. The third-order valence-electron chi connectivity index (χ3n) is 2.77. The Balaban J connectivity index is 2.74. The first-order valence-corrected chi connectivity index (χ1v) is 6.50. The fourth-order valence-corrected chi connectivity index (χ4v) is 1.90. The molecule has 0 fully saturated rings. The number of aryl methyl sites for hydroxylation is 2. The van der Waals surface area contributed by atoms with Gasteiger partial charge in [0.05, 0.1) is 0 Å². The summed E-state index contributed by atoms with van der Waals surface area (Å²) < 4.78 is 29.0. The lowest BCUT2D eigenvalue weighted by Gasteiger charge is -2.13. The summed E-state index contributed by atoms with van der Waals surface area (Å²) in [6.07, 6.45) is 0. The van der Waals surface area contributed by atoms with E-state index in [9.17, 15) is 13.6 Å². The van der Waals surface area contributed by atoms with Crippen molar-refractivity contribution in [3.05, 3.63) is 28.8 Å². The summed E-state index contributed by atoms with van der Waals surface area (Å²) in [5.74, 6) is -0.0955. The number of benzene rings is 1. The van der Waals surface area contributed by atoms with E-state index in [0.717, 1.165) is 6.54 Å². The van der Waals surface area contributed by atoms with Crippen molar-refractivity contribution in [3.63, 3.8) is 0 Å². The average Bonchev–Trinajstić information content (AvgIpc) is 2.38. The lowest BCUT2D eigenvalue weighted by atomic mass is 10.1. The van der Waals surface area contributed by atoms with Crippen LogP contribution in [0.15, 0.2) is 12.1 Å². The Hall–Kier alpha value is -1.69. The third-order valence-corrected chi connectivity index (χ3v) is 2.77. The van der Waals surface area contributed by atoms with E-state index < -0.39 is 6.61 Å². The van der Waals surface area contributed by atoms with Gasteiger partial charge < -0.3 is 15.4 Å². The number of rotatable bonds is 7. The normalized spacial score (nSPS) is 10.7. The SMILES string of the molecule is CCNCCNC(=O)c1cc(C)c(OC(F)F)c(C)c1. The molecule has 0 aliphatic carbocycles. The minimum Gasteiger partial charge on any atom is -0.434 e. The van der Waals surface area contributed by atoms with Gasteiger partial charge in [0.25, 0.3) is 5.91 Å². The second-order valence-corrected chi connectivity index (χ2v) is 4.43. The number of carbonyl (C=O) groups excluding carboxylic acids is 1. The molecule has 0 radical (unpaired) electrons. The molecule has 2 N–H and O–H groups in total. The zero-order valence-corrected chi connectivity index (χ0v) is 11.9.